The van der Waals surface area contributed by atoms with Crippen LogP contribution in [0.2, 0.25) is 0 Å². The van der Waals surface area contributed by atoms with Crippen LogP contribution >= 0.6 is 0 Å². The number of aryl methyl sites for hydroxylation is 1. The van der Waals surface area contributed by atoms with Gasteiger partial charge in [0.2, 0.25) is 0 Å². The number of benzene rings is 1. The Balaban J connectivity index is 2.62. The van der Waals surface area contributed by atoms with Crippen LogP contribution in [0.1, 0.15) is 31.2 Å². The van der Waals surface area contributed by atoms with Gasteiger partial charge in [0, 0.05) is 25.1 Å². The maximum Gasteiger partial charge on any atom is 0.281 e. The number of nitrogens with two attached hydrogens (primary N) is 1. The first-order valence-electron chi connectivity index (χ1n) is 8.37. The Morgan fingerprint density at radius 3 is 2.67 bits per heavy atom. The van der Waals surface area contributed by atoms with Crippen molar-refractivity contribution in [2.75, 3.05) is 13.6 Å². The van der Waals surface area contributed by atoms with Crippen molar-refractivity contribution in [2.24, 2.45) is 5.73 Å². The second-order valence-corrected chi connectivity index (χ2v) is 5.80. The van der Waals surface area contributed by atoms with Crippen LogP contribution in [0.15, 0.2) is 41.5 Å². The van der Waals surface area contributed by atoms with Gasteiger partial charge in [0.15, 0.2) is 0 Å². The molecule has 3 N–H and O–H groups in total. The second kappa shape index (κ2) is 8.50. The number of nitrogens with one attached hydrogen (secondary N) is 1. The summed E-state index contributed by atoms with van der Waals surface area (Å²) < 4.78 is 1.69. The standard InChI is InChI=1S/C18H25BN4O/c1-3-13(11-21-2)17-18(24)23(12-15(22-17)5-4-10-20)16-8-6-14(19)7-9-16/h6-9,11-12,21H,3-5,10,19-20H2,1-2H3/b13-11+. The highest BCUT2D eigenvalue weighted by Crippen LogP contribution is 2.14. The highest BCUT2D eigenvalue weighted by atomic mass is 16.1. The van der Waals surface area contributed by atoms with Gasteiger partial charge < -0.3 is 11.1 Å². The van der Waals surface area contributed by atoms with Crippen molar-refractivity contribution in [3.8, 4) is 5.69 Å². The van der Waals surface area contributed by atoms with Crippen molar-refractivity contribution in [3.05, 3.63) is 58.4 Å². The third-order valence-corrected chi connectivity index (χ3v) is 3.91. The van der Waals surface area contributed by atoms with Crippen LogP contribution in [-0.4, -0.2) is 31.0 Å². The number of aromatic nitrogens is 2. The summed E-state index contributed by atoms with van der Waals surface area (Å²) >= 11 is 0. The van der Waals surface area contributed by atoms with E-state index in [0.29, 0.717) is 12.2 Å². The minimum absolute atomic E-state index is 0.0984. The van der Waals surface area contributed by atoms with Crippen molar-refractivity contribution in [1.29, 1.82) is 0 Å². The molecule has 2 aromatic rings. The summed E-state index contributed by atoms with van der Waals surface area (Å²) in [6.07, 6.45) is 6.01. The van der Waals surface area contributed by atoms with E-state index < -0.39 is 0 Å². The lowest BCUT2D eigenvalue weighted by atomic mass is 9.96. The van der Waals surface area contributed by atoms with E-state index in [1.54, 1.807) is 4.57 Å². The Hall–Kier alpha value is -2.34. The molecule has 0 radical (unpaired) electrons. The minimum Gasteiger partial charge on any atom is -0.394 e. The summed E-state index contributed by atoms with van der Waals surface area (Å²) in [6.45, 7) is 2.63. The molecule has 126 valence electrons. The van der Waals surface area contributed by atoms with E-state index in [1.807, 2.05) is 58.5 Å². The molecule has 0 fully saturated rings. The molecule has 0 amide bonds. The van der Waals surface area contributed by atoms with E-state index in [9.17, 15) is 4.79 Å². The largest absolute Gasteiger partial charge is 0.394 e. The SMILES string of the molecule is Bc1ccc(-n2cc(CCCN)nc(/C(=C/NC)CC)c2=O)cc1. The fourth-order valence-electron chi connectivity index (χ4n) is 2.56. The molecule has 6 heteroatoms. The molecule has 0 aliphatic heterocycles. The van der Waals surface area contributed by atoms with Gasteiger partial charge in [-0.3, -0.25) is 9.36 Å². The highest BCUT2D eigenvalue weighted by Gasteiger charge is 2.13. The summed E-state index contributed by atoms with van der Waals surface area (Å²) in [7, 11) is 3.86. The monoisotopic (exact) mass is 324 g/mol. The van der Waals surface area contributed by atoms with E-state index >= 15 is 0 Å². The predicted octanol–water partition coefficient (Wildman–Crippen LogP) is 0.353. The normalized spacial score (nSPS) is 11.5. The molecule has 0 bridgehead atoms. The Morgan fingerprint density at radius 1 is 1.38 bits per heavy atom. The lowest BCUT2D eigenvalue weighted by Gasteiger charge is -2.13. The topological polar surface area (TPSA) is 72.9 Å². The fourth-order valence-corrected chi connectivity index (χ4v) is 2.56. The van der Waals surface area contributed by atoms with Crippen LogP contribution < -0.4 is 22.1 Å². The van der Waals surface area contributed by atoms with Gasteiger partial charge in [0.25, 0.3) is 5.56 Å². The molecule has 0 spiro atoms. The van der Waals surface area contributed by atoms with Gasteiger partial charge in [-0.15, -0.1) is 0 Å². The van der Waals surface area contributed by atoms with Crippen LogP contribution in [0.25, 0.3) is 11.3 Å². The third kappa shape index (κ3) is 4.14. The average Bonchev–Trinajstić information content (AvgIpc) is 2.60. The van der Waals surface area contributed by atoms with E-state index in [-0.39, 0.29) is 5.56 Å². The number of rotatable bonds is 7. The number of nitrogens with zero attached hydrogens (tertiary/aromatic N) is 2. The van der Waals surface area contributed by atoms with Crippen molar-refractivity contribution in [1.82, 2.24) is 14.9 Å². The quantitative estimate of drug-likeness (QED) is 0.721. The molecule has 1 heterocycles. The zero-order valence-corrected chi connectivity index (χ0v) is 14.7. The number of hydrogen-bond donors (Lipinski definition) is 2. The van der Waals surface area contributed by atoms with Gasteiger partial charge >= 0.3 is 0 Å². The second-order valence-electron chi connectivity index (χ2n) is 5.80. The molecule has 0 saturated carbocycles. The van der Waals surface area contributed by atoms with E-state index in [1.165, 1.54) is 0 Å². The van der Waals surface area contributed by atoms with Crippen LogP contribution in [-0.2, 0) is 6.42 Å². The lowest BCUT2D eigenvalue weighted by Crippen LogP contribution is -2.25. The maximum absolute atomic E-state index is 13.0. The molecule has 2 rings (SSSR count). The Kier molecular flexibility index (Phi) is 6.38. The molecular formula is C18H25BN4O. The molecule has 0 aliphatic carbocycles. The molecule has 0 unspecified atom stereocenters. The summed E-state index contributed by atoms with van der Waals surface area (Å²) in [4.78, 5) is 17.6. The van der Waals surface area contributed by atoms with Gasteiger partial charge in [0.05, 0.1) is 5.69 Å². The Labute approximate surface area is 144 Å². The van der Waals surface area contributed by atoms with Gasteiger partial charge in [0.1, 0.15) is 13.5 Å². The van der Waals surface area contributed by atoms with Gasteiger partial charge in [-0.2, -0.15) is 0 Å². The first-order valence-corrected chi connectivity index (χ1v) is 8.37. The summed E-state index contributed by atoms with van der Waals surface area (Å²) in [6, 6.07) is 7.93. The van der Waals surface area contributed by atoms with Gasteiger partial charge in [-0.25, -0.2) is 4.98 Å². The van der Waals surface area contributed by atoms with Crippen LogP contribution in [0.4, 0.5) is 0 Å². The molecule has 0 aliphatic rings. The molecule has 24 heavy (non-hydrogen) atoms. The van der Waals surface area contributed by atoms with Gasteiger partial charge in [-0.1, -0.05) is 24.5 Å². The Bertz CT molecular complexity index is 766. The highest BCUT2D eigenvalue weighted by molar-refractivity contribution is 6.32. The predicted molar refractivity (Wildman–Crippen MR) is 103 cm³/mol. The molecule has 1 aromatic heterocycles. The van der Waals surface area contributed by atoms with Crippen molar-refractivity contribution < 1.29 is 0 Å². The first kappa shape index (κ1) is 18.0. The first-order chi connectivity index (χ1) is 11.6. The molecule has 0 saturated heterocycles. The van der Waals surface area contributed by atoms with E-state index in [4.69, 9.17) is 5.73 Å². The molecule has 5 nitrogen and oxygen atoms in total. The molecule has 0 atom stereocenters. The fraction of sp³-hybridized carbons (Fsp3) is 0.333. The average molecular weight is 324 g/mol. The summed E-state index contributed by atoms with van der Waals surface area (Å²) in [5.41, 5.74) is 9.82. The zero-order valence-electron chi connectivity index (χ0n) is 14.7. The minimum atomic E-state index is -0.0984. The Morgan fingerprint density at radius 2 is 2.08 bits per heavy atom. The summed E-state index contributed by atoms with van der Waals surface area (Å²) in [5, 5.41) is 3.00. The lowest BCUT2D eigenvalue weighted by molar-refractivity contribution is 0.782. The summed E-state index contributed by atoms with van der Waals surface area (Å²) in [5.74, 6) is 0. The van der Waals surface area contributed by atoms with Crippen molar-refractivity contribution in [2.45, 2.75) is 26.2 Å². The number of allylic oxidation sites excluding steroid dienone is 1. The van der Waals surface area contributed by atoms with Crippen LogP contribution in [0, 0.1) is 0 Å². The molecular weight excluding hydrogens is 299 g/mol. The number of hydrogen-bond acceptors (Lipinski definition) is 4. The molecule has 1 aromatic carbocycles. The van der Waals surface area contributed by atoms with Crippen LogP contribution in [0.3, 0.4) is 0 Å². The van der Waals surface area contributed by atoms with E-state index in [2.05, 4.69) is 10.3 Å². The van der Waals surface area contributed by atoms with Gasteiger partial charge in [-0.05, 0) is 43.5 Å². The smallest absolute Gasteiger partial charge is 0.281 e. The van der Waals surface area contributed by atoms with Crippen molar-refractivity contribution >= 4 is 18.9 Å². The van der Waals surface area contributed by atoms with Crippen LogP contribution in [0.5, 0.6) is 0 Å². The zero-order chi connectivity index (χ0) is 17.5. The van der Waals surface area contributed by atoms with Crippen molar-refractivity contribution in [3.63, 3.8) is 0 Å². The third-order valence-electron chi connectivity index (χ3n) is 3.91. The maximum atomic E-state index is 13.0. The van der Waals surface area contributed by atoms with E-state index in [0.717, 1.165) is 41.7 Å².